The van der Waals surface area contributed by atoms with E-state index in [2.05, 4.69) is 21.2 Å². The predicted molar refractivity (Wildman–Crippen MR) is 83.9 cm³/mol. The van der Waals surface area contributed by atoms with Crippen LogP contribution < -0.4 is 5.32 Å². The molecule has 0 spiro atoms. The number of hydrogen-bond acceptors (Lipinski definition) is 2. The summed E-state index contributed by atoms with van der Waals surface area (Å²) in [6.07, 6.45) is 3.00. The van der Waals surface area contributed by atoms with Gasteiger partial charge in [0.25, 0.3) is 0 Å². The molecule has 22 heavy (non-hydrogen) atoms. The molecule has 120 valence electrons. The number of amides is 1. The number of halogens is 2. The van der Waals surface area contributed by atoms with Crippen LogP contribution >= 0.6 is 15.9 Å². The second-order valence-electron chi connectivity index (χ2n) is 6.03. The molecule has 1 aromatic rings. The molecule has 4 nitrogen and oxygen atoms in total. The van der Waals surface area contributed by atoms with Crippen LogP contribution in [0.15, 0.2) is 22.7 Å². The Morgan fingerprint density at radius 2 is 2.18 bits per heavy atom. The van der Waals surface area contributed by atoms with E-state index < -0.39 is 23.2 Å². The maximum absolute atomic E-state index is 13.5. The van der Waals surface area contributed by atoms with E-state index in [1.54, 1.807) is 19.1 Å². The molecule has 1 fully saturated rings. The number of hydrogen-bond donors (Lipinski definition) is 2. The Kier molecular flexibility index (Phi) is 5.21. The summed E-state index contributed by atoms with van der Waals surface area (Å²) in [6, 6.07) is 4.53. The zero-order valence-electron chi connectivity index (χ0n) is 12.4. The SMILES string of the molecule is CC1(NC(=O)Cc2ccc(Br)c(F)c2)CCCCC1C(=O)O. The van der Waals surface area contributed by atoms with Crippen molar-refractivity contribution in [2.75, 3.05) is 0 Å². The first-order chi connectivity index (χ1) is 10.3. The van der Waals surface area contributed by atoms with Gasteiger partial charge in [-0.2, -0.15) is 0 Å². The smallest absolute Gasteiger partial charge is 0.308 e. The lowest BCUT2D eigenvalue weighted by Gasteiger charge is -2.39. The fourth-order valence-corrected chi connectivity index (χ4v) is 3.32. The van der Waals surface area contributed by atoms with Crippen molar-refractivity contribution in [3.05, 3.63) is 34.1 Å². The molecule has 2 N–H and O–H groups in total. The van der Waals surface area contributed by atoms with Crippen molar-refractivity contribution in [2.24, 2.45) is 5.92 Å². The molecular formula is C16H19BrFNO3. The zero-order valence-corrected chi connectivity index (χ0v) is 14.0. The first-order valence-electron chi connectivity index (χ1n) is 7.29. The van der Waals surface area contributed by atoms with Gasteiger partial charge in [0.05, 0.1) is 22.4 Å². The number of benzene rings is 1. The van der Waals surface area contributed by atoms with Crippen LogP contribution in [0.2, 0.25) is 0 Å². The minimum absolute atomic E-state index is 0.0339. The molecule has 1 aromatic carbocycles. The second-order valence-corrected chi connectivity index (χ2v) is 6.88. The van der Waals surface area contributed by atoms with Crippen LogP contribution in [0, 0.1) is 11.7 Å². The van der Waals surface area contributed by atoms with E-state index in [0.717, 1.165) is 12.8 Å². The van der Waals surface area contributed by atoms with E-state index in [4.69, 9.17) is 0 Å². The first kappa shape index (κ1) is 16.9. The molecule has 2 atom stereocenters. The molecule has 1 amide bonds. The van der Waals surface area contributed by atoms with E-state index in [1.165, 1.54) is 6.07 Å². The first-order valence-corrected chi connectivity index (χ1v) is 8.09. The lowest BCUT2D eigenvalue weighted by molar-refractivity contribution is -0.146. The molecule has 2 unspecified atom stereocenters. The lowest BCUT2D eigenvalue weighted by Crippen LogP contribution is -2.55. The number of carboxylic acids is 1. The van der Waals surface area contributed by atoms with Crippen LogP contribution in [0.5, 0.6) is 0 Å². The summed E-state index contributed by atoms with van der Waals surface area (Å²) in [7, 11) is 0. The summed E-state index contributed by atoms with van der Waals surface area (Å²) >= 11 is 3.07. The standard InChI is InChI=1S/C16H19BrFNO3/c1-16(7-3-2-4-11(16)15(21)22)19-14(20)9-10-5-6-12(17)13(18)8-10/h5-6,8,11H,2-4,7,9H2,1H3,(H,19,20)(H,21,22). The van der Waals surface area contributed by atoms with Crippen molar-refractivity contribution in [1.29, 1.82) is 0 Å². The third kappa shape index (κ3) is 3.85. The Balaban J connectivity index is 2.06. The number of rotatable bonds is 4. The van der Waals surface area contributed by atoms with Crippen molar-refractivity contribution in [3.63, 3.8) is 0 Å². The van der Waals surface area contributed by atoms with Gasteiger partial charge in [0.2, 0.25) is 5.91 Å². The molecule has 1 aliphatic rings. The van der Waals surface area contributed by atoms with Gasteiger partial charge in [0.1, 0.15) is 5.82 Å². The highest BCUT2D eigenvalue weighted by molar-refractivity contribution is 9.10. The van der Waals surface area contributed by atoms with Crippen molar-refractivity contribution in [2.45, 2.75) is 44.6 Å². The highest BCUT2D eigenvalue weighted by Crippen LogP contribution is 2.34. The average molecular weight is 372 g/mol. The van der Waals surface area contributed by atoms with Crippen LogP contribution in [0.25, 0.3) is 0 Å². The fraction of sp³-hybridized carbons (Fsp3) is 0.500. The largest absolute Gasteiger partial charge is 0.481 e. The Labute approximate surface area is 137 Å². The quantitative estimate of drug-likeness (QED) is 0.853. The summed E-state index contributed by atoms with van der Waals surface area (Å²) in [5.41, 5.74) is -0.181. The van der Waals surface area contributed by atoms with Gasteiger partial charge in [0, 0.05) is 0 Å². The molecule has 0 aliphatic heterocycles. The maximum atomic E-state index is 13.5. The van der Waals surface area contributed by atoms with E-state index >= 15 is 0 Å². The normalized spacial score (nSPS) is 24.8. The van der Waals surface area contributed by atoms with Gasteiger partial charge in [0.15, 0.2) is 0 Å². The van der Waals surface area contributed by atoms with Gasteiger partial charge in [-0.25, -0.2) is 4.39 Å². The summed E-state index contributed by atoms with van der Waals surface area (Å²) in [5.74, 6) is -2.15. The fourth-order valence-electron chi connectivity index (χ4n) is 3.08. The van der Waals surface area contributed by atoms with Gasteiger partial charge >= 0.3 is 5.97 Å². The minimum Gasteiger partial charge on any atom is -0.481 e. The Hall–Kier alpha value is -1.43. The number of carboxylic acid groups (broad SMARTS) is 1. The topological polar surface area (TPSA) is 66.4 Å². The van der Waals surface area contributed by atoms with Gasteiger partial charge in [-0.3, -0.25) is 9.59 Å². The summed E-state index contributed by atoms with van der Waals surface area (Å²) in [5, 5.41) is 12.2. The third-order valence-corrected chi connectivity index (χ3v) is 4.92. The average Bonchev–Trinajstić information content (AvgIpc) is 2.42. The van der Waals surface area contributed by atoms with E-state index in [1.807, 2.05) is 0 Å². The number of aliphatic carboxylic acids is 1. The zero-order chi connectivity index (χ0) is 16.3. The van der Waals surface area contributed by atoms with Crippen molar-refractivity contribution < 1.29 is 19.1 Å². The molecule has 0 aromatic heterocycles. The van der Waals surface area contributed by atoms with E-state index in [9.17, 15) is 19.1 Å². The molecule has 1 saturated carbocycles. The minimum atomic E-state index is -0.878. The molecule has 0 heterocycles. The monoisotopic (exact) mass is 371 g/mol. The molecule has 0 bridgehead atoms. The number of carbonyl (C=O) groups is 2. The van der Waals surface area contributed by atoms with Crippen molar-refractivity contribution in [3.8, 4) is 0 Å². The molecule has 6 heteroatoms. The molecule has 0 radical (unpaired) electrons. The van der Waals surface area contributed by atoms with Crippen LogP contribution in [0.4, 0.5) is 4.39 Å². The highest BCUT2D eigenvalue weighted by Gasteiger charge is 2.42. The van der Waals surface area contributed by atoms with Crippen LogP contribution in [0.3, 0.4) is 0 Å². The Morgan fingerprint density at radius 3 is 2.82 bits per heavy atom. The molecular weight excluding hydrogens is 353 g/mol. The van der Waals surface area contributed by atoms with Gasteiger partial charge < -0.3 is 10.4 Å². The van der Waals surface area contributed by atoms with Gasteiger partial charge in [-0.05, 0) is 53.4 Å². The van der Waals surface area contributed by atoms with E-state index in [0.29, 0.717) is 22.9 Å². The van der Waals surface area contributed by atoms with Crippen molar-refractivity contribution >= 4 is 27.8 Å². The van der Waals surface area contributed by atoms with Gasteiger partial charge in [-0.1, -0.05) is 18.9 Å². The lowest BCUT2D eigenvalue weighted by atomic mass is 9.74. The molecule has 0 saturated heterocycles. The third-order valence-electron chi connectivity index (χ3n) is 4.28. The Morgan fingerprint density at radius 1 is 1.45 bits per heavy atom. The van der Waals surface area contributed by atoms with Crippen LogP contribution in [-0.4, -0.2) is 22.5 Å². The van der Waals surface area contributed by atoms with Crippen molar-refractivity contribution in [1.82, 2.24) is 5.32 Å². The predicted octanol–water partition coefficient (Wildman–Crippen LogP) is 3.28. The highest BCUT2D eigenvalue weighted by atomic mass is 79.9. The summed E-state index contributed by atoms with van der Waals surface area (Å²) < 4.78 is 13.8. The number of carbonyl (C=O) groups excluding carboxylic acids is 1. The Bertz CT molecular complexity index is 593. The molecule has 1 aliphatic carbocycles. The molecule has 2 rings (SSSR count). The number of nitrogens with one attached hydrogen (secondary N) is 1. The van der Waals surface area contributed by atoms with E-state index in [-0.39, 0.29) is 12.3 Å². The maximum Gasteiger partial charge on any atom is 0.308 e. The van der Waals surface area contributed by atoms with Gasteiger partial charge in [-0.15, -0.1) is 0 Å². The van der Waals surface area contributed by atoms with Crippen LogP contribution in [0.1, 0.15) is 38.2 Å². The summed E-state index contributed by atoms with van der Waals surface area (Å²) in [4.78, 5) is 23.6. The van der Waals surface area contributed by atoms with Crippen LogP contribution in [-0.2, 0) is 16.0 Å². The second kappa shape index (κ2) is 6.77. The summed E-state index contributed by atoms with van der Waals surface area (Å²) in [6.45, 7) is 1.78.